The molecule has 0 aliphatic rings. The van der Waals surface area contributed by atoms with Gasteiger partial charge in [0.15, 0.2) is 0 Å². The molecule has 3 heteroatoms. The molecule has 0 saturated heterocycles. The van der Waals surface area contributed by atoms with E-state index in [1.807, 2.05) is 6.08 Å². The van der Waals surface area contributed by atoms with Crippen molar-refractivity contribution in [3.8, 4) is 0 Å². The summed E-state index contributed by atoms with van der Waals surface area (Å²) in [5, 5.41) is 0. The van der Waals surface area contributed by atoms with E-state index in [0.29, 0.717) is 0 Å². The van der Waals surface area contributed by atoms with Gasteiger partial charge in [0, 0.05) is 0 Å². The predicted octanol–water partition coefficient (Wildman–Crippen LogP) is 2.37. The smallest absolute Gasteiger partial charge is 0.404 e. The van der Waals surface area contributed by atoms with Gasteiger partial charge in [-0.15, -0.1) is 5.73 Å². The number of carbonyl (C=O) groups is 1. The van der Waals surface area contributed by atoms with Crippen LogP contribution in [0, 0.1) is 0 Å². The van der Waals surface area contributed by atoms with Crippen LogP contribution in [0.1, 0.15) is 32.6 Å². The summed E-state index contributed by atoms with van der Waals surface area (Å²) in [5.41, 5.74) is 7.67. The Hall–Kier alpha value is -1.21. The van der Waals surface area contributed by atoms with Crippen molar-refractivity contribution in [3.63, 3.8) is 0 Å². The van der Waals surface area contributed by atoms with Crippen LogP contribution in [0.5, 0.6) is 0 Å². The van der Waals surface area contributed by atoms with Crippen LogP contribution in [0.4, 0.5) is 4.79 Å². The first-order valence-electron chi connectivity index (χ1n) is 4.59. The van der Waals surface area contributed by atoms with Crippen LogP contribution in [-0.2, 0) is 4.74 Å². The van der Waals surface area contributed by atoms with E-state index in [4.69, 9.17) is 5.73 Å². The van der Waals surface area contributed by atoms with E-state index >= 15 is 0 Å². The van der Waals surface area contributed by atoms with Crippen molar-refractivity contribution in [3.05, 3.63) is 17.9 Å². The lowest BCUT2D eigenvalue weighted by molar-refractivity contribution is 0.169. The molecule has 0 aromatic carbocycles. The fraction of sp³-hybridized carbons (Fsp3) is 0.600. The number of hydrogen-bond donors (Lipinski definition) is 1. The van der Waals surface area contributed by atoms with Crippen LogP contribution < -0.4 is 5.73 Å². The van der Waals surface area contributed by atoms with Gasteiger partial charge >= 0.3 is 6.09 Å². The average Bonchev–Trinajstić information content (AvgIpc) is 2.09. The van der Waals surface area contributed by atoms with Gasteiger partial charge in [-0.2, -0.15) is 0 Å². The number of primary amides is 1. The molecule has 2 N–H and O–H groups in total. The Kier molecular flexibility index (Phi) is 8.06. The highest BCUT2D eigenvalue weighted by molar-refractivity contribution is 5.64. The molecule has 0 bridgehead atoms. The summed E-state index contributed by atoms with van der Waals surface area (Å²) in [6, 6.07) is 0. The first kappa shape index (κ1) is 11.8. The summed E-state index contributed by atoms with van der Waals surface area (Å²) in [7, 11) is 0. The molecule has 0 aliphatic carbocycles. The lowest BCUT2D eigenvalue weighted by Gasteiger charge is -1.91. The van der Waals surface area contributed by atoms with Crippen LogP contribution in [0.2, 0.25) is 0 Å². The minimum absolute atomic E-state index is 0.208. The maximum atomic E-state index is 10.1. The van der Waals surface area contributed by atoms with Crippen molar-refractivity contribution in [2.24, 2.45) is 5.73 Å². The van der Waals surface area contributed by atoms with Crippen LogP contribution in [0.25, 0.3) is 0 Å². The number of nitrogens with two attached hydrogens (primary N) is 1. The molecule has 3 nitrogen and oxygen atoms in total. The third kappa shape index (κ3) is 10.8. The van der Waals surface area contributed by atoms with Crippen molar-refractivity contribution < 1.29 is 9.53 Å². The van der Waals surface area contributed by atoms with E-state index in [-0.39, 0.29) is 6.61 Å². The number of carbonyl (C=O) groups excluding carboxylic acids is 1. The summed E-state index contributed by atoms with van der Waals surface area (Å²) < 4.78 is 4.47. The molecule has 0 aromatic heterocycles. The highest BCUT2D eigenvalue weighted by atomic mass is 16.5. The van der Waals surface area contributed by atoms with Gasteiger partial charge in [0.05, 0.1) is 0 Å². The molecule has 13 heavy (non-hydrogen) atoms. The molecule has 0 rings (SSSR count). The Balaban J connectivity index is 3.31. The molecule has 0 spiro atoms. The van der Waals surface area contributed by atoms with E-state index in [2.05, 4.69) is 17.4 Å². The molecule has 0 aliphatic heterocycles. The number of rotatable bonds is 6. The van der Waals surface area contributed by atoms with Crippen molar-refractivity contribution in [2.75, 3.05) is 6.61 Å². The quantitative estimate of drug-likeness (QED) is 0.507. The fourth-order valence-corrected chi connectivity index (χ4v) is 0.835. The zero-order valence-corrected chi connectivity index (χ0v) is 8.08. The van der Waals surface area contributed by atoms with Gasteiger partial charge in [-0.1, -0.05) is 19.8 Å². The van der Waals surface area contributed by atoms with Crippen LogP contribution in [0.3, 0.4) is 0 Å². The van der Waals surface area contributed by atoms with Crippen LogP contribution in [0.15, 0.2) is 17.9 Å². The first-order valence-corrected chi connectivity index (χ1v) is 4.59. The minimum atomic E-state index is -0.746. The molecule has 0 fully saturated rings. The zero-order chi connectivity index (χ0) is 9.94. The van der Waals surface area contributed by atoms with Gasteiger partial charge in [0.1, 0.15) is 6.61 Å². The van der Waals surface area contributed by atoms with E-state index in [1.54, 1.807) is 6.08 Å². The van der Waals surface area contributed by atoms with Gasteiger partial charge in [0.25, 0.3) is 0 Å². The lowest BCUT2D eigenvalue weighted by atomic mass is 10.2. The first-order chi connectivity index (χ1) is 6.27. The van der Waals surface area contributed by atoms with Gasteiger partial charge in [0.2, 0.25) is 0 Å². The second-order valence-corrected chi connectivity index (χ2v) is 2.70. The summed E-state index contributed by atoms with van der Waals surface area (Å²) in [6.45, 7) is 2.37. The highest BCUT2D eigenvalue weighted by Gasteiger charge is 1.85. The Bertz CT molecular complexity index is 193. The third-order valence-corrected chi connectivity index (χ3v) is 1.50. The maximum Gasteiger partial charge on any atom is 0.404 e. The molecule has 0 aromatic rings. The number of hydrogen-bond acceptors (Lipinski definition) is 2. The average molecular weight is 183 g/mol. The molecule has 1 amide bonds. The predicted molar refractivity (Wildman–Crippen MR) is 52.3 cm³/mol. The normalized spacial score (nSPS) is 8.69. The van der Waals surface area contributed by atoms with Gasteiger partial charge in [-0.3, -0.25) is 0 Å². The molecule has 0 saturated carbocycles. The zero-order valence-electron chi connectivity index (χ0n) is 8.08. The summed E-state index contributed by atoms with van der Waals surface area (Å²) in [4.78, 5) is 10.1. The number of unbranched alkanes of at least 4 members (excludes halogenated alkanes) is 3. The lowest BCUT2D eigenvalue weighted by Crippen LogP contribution is -2.12. The molecular formula is C10H17NO2. The van der Waals surface area contributed by atoms with Crippen molar-refractivity contribution in [1.29, 1.82) is 0 Å². The second-order valence-electron chi connectivity index (χ2n) is 2.70. The maximum absolute atomic E-state index is 10.1. The standard InChI is InChI=1S/C10H17NO2/c1-2-3-4-5-6-7-8-9-13-10(11)12/h6,8H,2-5,9H2,1H3,(H2,11,12). The molecule has 0 heterocycles. The molecule has 0 radical (unpaired) electrons. The van der Waals surface area contributed by atoms with E-state index in [9.17, 15) is 4.79 Å². The summed E-state index contributed by atoms with van der Waals surface area (Å²) in [6.07, 6.45) is 7.54. The van der Waals surface area contributed by atoms with Gasteiger partial charge in [-0.05, 0) is 25.0 Å². The van der Waals surface area contributed by atoms with Crippen molar-refractivity contribution in [2.45, 2.75) is 32.6 Å². The molecular weight excluding hydrogens is 166 g/mol. The van der Waals surface area contributed by atoms with E-state index < -0.39 is 6.09 Å². The molecule has 74 valence electrons. The summed E-state index contributed by atoms with van der Waals surface area (Å²) >= 11 is 0. The Morgan fingerprint density at radius 3 is 2.85 bits per heavy atom. The topological polar surface area (TPSA) is 52.3 Å². The van der Waals surface area contributed by atoms with E-state index in [1.165, 1.54) is 19.3 Å². The largest absolute Gasteiger partial charge is 0.445 e. The third-order valence-electron chi connectivity index (χ3n) is 1.50. The number of ether oxygens (including phenoxy) is 1. The monoisotopic (exact) mass is 183 g/mol. The Labute approximate surface area is 79.3 Å². The van der Waals surface area contributed by atoms with Gasteiger partial charge < -0.3 is 10.5 Å². The SMILES string of the molecule is CCCCCC=C=CCOC(N)=O. The highest BCUT2D eigenvalue weighted by Crippen LogP contribution is 1.98. The summed E-state index contributed by atoms with van der Waals surface area (Å²) in [5.74, 6) is 0. The van der Waals surface area contributed by atoms with Gasteiger partial charge in [-0.25, -0.2) is 4.79 Å². The van der Waals surface area contributed by atoms with Crippen molar-refractivity contribution >= 4 is 6.09 Å². The minimum Gasteiger partial charge on any atom is -0.445 e. The van der Waals surface area contributed by atoms with Crippen LogP contribution >= 0.6 is 0 Å². The van der Waals surface area contributed by atoms with Crippen molar-refractivity contribution in [1.82, 2.24) is 0 Å². The van der Waals surface area contributed by atoms with E-state index in [0.717, 1.165) is 6.42 Å². The Morgan fingerprint density at radius 2 is 2.23 bits per heavy atom. The fourth-order valence-electron chi connectivity index (χ4n) is 0.835. The number of amides is 1. The molecule has 0 atom stereocenters. The molecule has 0 unspecified atom stereocenters. The van der Waals surface area contributed by atoms with Crippen LogP contribution in [-0.4, -0.2) is 12.7 Å². The Morgan fingerprint density at radius 1 is 1.46 bits per heavy atom. The second kappa shape index (κ2) is 8.88.